The van der Waals surface area contributed by atoms with Gasteiger partial charge in [0.1, 0.15) is 10.3 Å². The van der Waals surface area contributed by atoms with E-state index in [-0.39, 0.29) is 11.2 Å². The van der Waals surface area contributed by atoms with E-state index < -0.39 is 0 Å². The summed E-state index contributed by atoms with van der Waals surface area (Å²) in [6.45, 7) is 0. The van der Waals surface area contributed by atoms with Crippen molar-refractivity contribution in [1.82, 2.24) is 0 Å². The van der Waals surface area contributed by atoms with Crippen LogP contribution in [0.5, 0.6) is 0 Å². The Hall–Kier alpha value is -1.87. The Morgan fingerprint density at radius 3 is 2.17 bits per heavy atom. The monoisotopic (exact) mass is 253 g/mol. The third-order valence-electron chi connectivity index (χ3n) is 2.79. The van der Waals surface area contributed by atoms with Crippen LogP contribution in [0.15, 0.2) is 65.7 Å². The number of benzene rings is 2. The van der Waals surface area contributed by atoms with E-state index in [1.807, 2.05) is 60.7 Å². The second kappa shape index (κ2) is 4.78. The van der Waals surface area contributed by atoms with Gasteiger partial charge in [-0.2, -0.15) is 0 Å². The Balaban J connectivity index is 1.88. The molecule has 0 radical (unpaired) electrons. The van der Waals surface area contributed by atoms with Crippen LogP contribution >= 0.6 is 11.8 Å². The molecule has 2 nitrogen and oxygen atoms in total. The van der Waals surface area contributed by atoms with Gasteiger partial charge in [-0.25, -0.2) is 4.99 Å². The maximum absolute atomic E-state index is 12.0. The van der Waals surface area contributed by atoms with Gasteiger partial charge in [0.25, 0.3) is 5.91 Å². The third kappa shape index (κ3) is 2.09. The predicted molar refractivity (Wildman–Crippen MR) is 74.8 cm³/mol. The zero-order chi connectivity index (χ0) is 12.4. The topological polar surface area (TPSA) is 29.4 Å². The summed E-state index contributed by atoms with van der Waals surface area (Å²) >= 11 is 1.53. The SMILES string of the molecule is O=C1N=C(c2ccccc2)S[C@@H]1c1ccccc1. The van der Waals surface area contributed by atoms with E-state index in [4.69, 9.17) is 0 Å². The normalized spacial score (nSPS) is 18.8. The molecule has 1 amide bonds. The molecule has 0 bridgehead atoms. The molecule has 1 aliphatic rings. The van der Waals surface area contributed by atoms with E-state index in [2.05, 4.69) is 4.99 Å². The van der Waals surface area contributed by atoms with Crippen molar-refractivity contribution in [3.63, 3.8) is 0 Å². The maximum Gasteiger partial charge on any atom is 0.264 e. The van der Waals surface area contributed by atoms with Crippen LogP contribution in [-0.2, 0) is 4.79 Å². The van der Waals surface area contributed by atoms with E-state index in [1.165, 1.54) is 11.8 Å². The van der Waals surface area contributed by atoms with Gasteiger partial charge in [0.15, 0.2) is 0 Å². The van der Waals surface area contributed by atoms with E-state index >= 15 is 0 Å². The molecule has 0 unspecified atom stereocenters. The van der Waals surface area contributed by atoms with E-state index in [0.717, 1.165) is 16.2 Å². The summed E-state index contributed by atoms with van der Waals surface area (Å²) in [6.07, 6.45) is 0. The molecule has 0 saturated carbocycles. The van der Waals surface area contributed by atoms with Crippen molar-refractivity contribution in [3.05, 3.63) is 71.8 Å². The van der Waals surface area contributed by atoms with Crippen molar-refractivity contribution in [2.75, 3.05) is 0 Å². The van der Waals surface area contributed by atoms with Crippen molar-refractivity contribution in [3.8, 4) is 0 Å². The van der Waals surface area contributed by atoms with Crippen molar-refractivity contribution < 1.29 is 4.79 Å². The first-order valence-corrected chi connectivity index (χ1v) is 6.62. The van der Waals surface area contributed by atoms with Crippen molar-refractivity contribution in [1.29, 1.82) is 0 Å². The van der Waals surface area contributed by atoms with E-state index in [0.29, 0.717) is 0 Å². The van der Waals surface area contributed by atoms with Crippen molar-refractivity contribution in [2.45, 2.75) is 5.25 Å². The lowest BCUT2D eigenvalue weighted by Gasteiger charge is -2.06. The maximum atomic E-state index is 12.0. The average Bonchev–Trinajstić information content (AvgIpc) is 2.83. The fraction of sp³-hybridized carbons (Fsp3) is 0.0667. The van der Waals surface area contributed by atoms with Crippen molar-refractivity contribution >= 4 is 22.7 Å². The minimum Gasteiger partial charge on any atom is -0.271 e. The minimum absolute atomic E-state index is 0.0648. The predicted octanol–water partition coefficient (Wildman–Crippen LogP) is 3.45. The van der Waals surface area contributed by atoms with Gasteiger partial charge in [-0.15, -0.1) is 0 Å². The summed E-state index contributed by atoms with van der Waals surface area (Å²) in [6, 6.07) is 19.6. The summed E-state index contributed by atoms with van der Waals surface area (Å²) in [7, 11) is 0. The van der Waals surface area contributed by atoms with Crippen LogP contribution in [0.4, 0.5) is 0 Å². The van der Waals surface area contributed by atoms with Gasteiger partial charge in [0.2, 0.25) is 0 Å². The summed E-state index contributed by atoms with van der Waals surface area (Å²) < 4.78 is 0. The van der Waals surface area contributed by atoms with Crippen LogP contribution < -0.4 is 0 Å². The zero-order valence-corrected chi connectivity index (χ0v) is 10.4. The molecule has 0 fully saturated rings. The van der Waals surface area contributed by atoms with E-state index in [9.17, 15) is 4.79 Å². The Kier molecular flexibility index (Phi) is 2.99. The second-order valence-electron chi connectivity index (χ2n) is 4.03. The van der Waals surface area contributed by atoms with E-state index in [1.54, 1.807) is 0 Å². The molecule has 1 heterocycles. The number of aliphatic imine (C=N–C) groups is 1. The highest BCUT2D eigenvalue weighted by molar-refractivity contribution is 8.15. The molecular formula is C15H11NOS. The molecule has 2 aromatic carbocycles. The fourth-order valence-corrected chi connectivity index (χ4v) is 2.98. The molecule has 0 aliphatic carbocycles. The average molecular weight is 253 g/mol. The zero-order valence-electron chi connectivity index (χ0n) is 9.61. The molecule has 3 rings (SSSR count). The van der Waals surface area contributed by atoms with Gasteiger partial charge in [-0.1, -0.05) is 72.4 Å². The molecule has 18 heavy (non-hydrogen) atoms. The molecule has 0 aromatic heterocycles. The second-order valence-corrected chi connectivity index (χ2v) is 5.12. The number of rotatable bonds is 2. The standard InChI is InChI=1S/C15H11NOS/c17-14-13(11-7-3-1-4-8-11)18-15(16-14)12-9-5-2-6-10-12/h1-10,13H/t13-/m1/s1. The summed E-state index contributed by atoms with van der Waals surface area (Å²) in [4.78, 5) is 16.1. The third-order valence-corrected chi connectivity index (χ3v) is 4.05. The summed E-state index contributed by atoms with van der Waals surface area (Å²) in [5.74, 6) is -0.0648. The highest BCUT2D eigenvalue weighted by Gasteiger charge is 2.30. The van der Waals surface area contributed by atoms with Gasteiger partial charge in [-0.05, 0) is 5.56 Å². The Bertz CT molecular complexity index is 592. The Morgan fingerprint density at radius 1 is 0.889 bits per heavy atom. The van der Waals surface area contributed by atoms with Crippen LogP contribution in [-0.4, -0.2) is 11.0 Å². The Morgan fingerprint density at radius 2 is 1.50 bits per heavy atom. The number of hydrogen-bond donors (Lipinski definition) is 0. The van der Waals surface area contributed by atoms with Gasteiger partial charge in [0.05, 0.1) is 0 Å². The number of carbonyl (C=O) groups is 1. The summed E-state index contributed by atoms with van der Waals surface area (Å²) in [5, 5.41) is 0.621. The number of nitrogens with zero attached hydrogens (tertiary/aromatic N) is 1. The van der Waals surface area contributed by atoms with Crippen molar-refractivity contribution in [2.24, 2.45) is 4.99 Å². The van der Waals surface area contributed by atoms with Crippen LogP contribution in [0, 0.1) is 0 Å². The van der Waals surface area contributed by atoms with Crippen LogP contribution in [0.3, 0.4) is 0 Å². The largest absolute Gasteiger partial charge is 0.271 e. The quantitative estimate of drug-likeness (QED) is 0.820. The first-order chi connectivity index (χ1) is 8.84. The van der Waals surface area contributed by atoms with Gasteiger partial charge in [-0.3, -0.25) is 4.79 Å². The first kappa shape index (κ1) is 11.2. The van der Waals surface area contributed by atoms with Crippen LogP contribution in [0.1, 0.15) is 16.4 Å². The molecular weight excluding hydrogens is 242 g/mol. The molecule has 0 spiro atoms. The van der Waals surface area contributed by atoms with Gasteiger partial charge in [0, 0.05) is 5.56 Å². The fourth-order valence-electron chi connectivity index (χ4n) is 1.90. The molecule has 1 aliphatic heterocycles. The van der Waals surface area contributed by atoms with Crippen LogP contribution in [0.2, 0.25) is 0 Å². The number of amides is 1. The number of thioether (sulfide) groups is 1. The highest BCUT2D eigenvalue weighted by Crippen LogP contribution is 2.38. The first-order valence-electron chi connectivity index (χ1n) is 5.74. The lowest BCUT2D eigenvalue weighted by molar-refractivity contribution is -0.117. The molecule has 88 valence electrons. The van der Waals surface area contributed by atoms with Gasteiger partial charge < -0.3 is 0 Å². The lowest BCUT2D eigenvalue weighted by Crippen LogP contribution is -2.00. The molecule has 2 aromatic rings. The smallest absolute Gasteiger partial charge is 0.264 e. The summed E-state index contributed by atoms with van der Waals surface area (Å²) in [5.41, 5.74) is 2.02. The highest BCUT2D eigenvalue weighted by atomic mass is 32.2. The molecule has 0 saturated heterocycles. The molecule has 1 atom stereocenters. The molecule has 3 heteroatoms. The number of carbonyl (C=O) groups excluding carboxylic acids is 1. The molecule has 0 N–H and O–H groups in total. The number of hydrogen-bond acceptors (Lipinski definition) is 2. The lowest BCUT2D eigenvalue weighted by atomic mass is 10.1. The van der Waals surface area contributed by atoms with Crippen LogP contribution in [0.25, 0.3) is 0 Å². The minimum atomic E-state index is -0.193. The Labute approximate surface area is 110 Å². The van der Waals surface area contributed by atoms with Gasteiger partial charge >= 0.3 is 0 Å².